The number of hydrogen-bond acceptors (Lipinski definition) is 8. The van der Waals surface area contributed by atoms with Gasteiger partial charge in [0.1, 0.15) is 0 Å². The van der Waals surface area contributed by atoms with Gasteiger partial charge in [0, 0.05) is 4.28 Å². The Kier molecular flexibility index (Phi) is 21.9. The average molecular weight is 879 g/mol. The molecule has 0 N–H and O–H groups in total. The summed E-state index contributed by atoms with van der Waals surface area (Å²) in [6.07, 6.45) is 0. The fraction of sp³-hybridized carbons (Fsp3) is 0.333. The molecule has 16 heteroatoms. The molecule has 0 saturated carbocycles. The molecule has 0 radical (unpaired) electrons. The quantitative estimate of drug-likeness (QED) is 0.0770. The van der Waals surface area contributed by atoms with E-state index in [4.69, 9.17) is 60.4 Å². The van der Waals surface area contributed by atoms with E-state index in [2.05, 4.69) is 5.32 Å². The number of carbonyl (C=O) groups excluding carboxylic acids is 4. The van der Waals surface area contributed by atoms with Gasteiger partial charge >= 0.3 is 57.2 Å². The second kappa shape index (κ2) is 27.4. The number of rotatable bonds is 12. The van der Waals surface area contributed by atoms with Crippen LogP contribution in [-0.4, -0.2) is 114 Å². The van der Waals surface area contributed by atoms with Gasteiger partial charge < -0.3 is 45.5 Å². The van der Waals surface area contributed by atoms with Gasteiger partial charge in [-0.25, -0.2) is 19.2 Å². The number of carbonyl (C=O) groups is 4. The van der Waals surface area contributed by atoms with E-state index < -0.39 is 48.0 Å². The van der Waals surface area contributed by atoms with Gasteiger partial charge in [-0.2, -0.15) is 39.3 Å². The zero-order valence-corrected chi connectivity index (χ0v) is 34.3. The van der Waals surface area contributed by atoms with Gasteiger partial charge in [0.25, 0.3) is 0 Å². The maximum atomic E-state index is 12.9. The van der Waals surface area contributed by atoms with Crippen molar-refractivity contribution in [1.29, 1.82) is 0 Å². The zero-order valence-electron chi connectivity index (χ0n) is 31.6. The van der Waals surface area contributed by atoms with E-state index in [1.807, 2.05) is 12.1 Å². The SMILES string of the molecule is O=C(OC[C@H]1C[N-][C@H](COC(=O)c2ccccc2)C[N-][C@@H](COC(=O)c2ccccc2)C[N-][C@H](COC(=O)c2ccccc2)C[N-]CC[N-]1)c1ccccc1.[Cl][Mn][Cl].[HH].[HH].[HH]. The Morgan fingerprint density at radius 3 is 1.00 bits per heavy atom. The number of ether oxygens (including phenoxy) is 4. The first-order chi connectivity index (χ1) is 28.4. The number of benzene rings is 4. The van der Waals surface area contributed by atoms with Crippen molar-refractivity contribution in [2.45, 2.75) is 24.2 Å². The minimum atomic E-state index is -0.611. The second-order valence-corrected chi connectivity index (χ2v) is 14.6. The fourth-order valence-electron chi connectivity index (χ4n) is 5.33. The molecule has 58 heavy (non-hydrogen) atoms. The molecule has 13 nitrogen and oxygen atoms in total. The van der Waals surface area contributed by atoms with E-state index in [-0.39, 0.29) is 70.0 Å². The number of nitrogens with zero attached hydrogens (tertiary/aromatic N) is 5. The molecule has 1 fully saturated rings. The molecule has 0 aliphatic carbocycles. The first-order valence-electron chi connectivity index (χ1n) is 18.4. The molecule has 4 atom stereocenters. The molecule has 4 aromatic rings. The maximum absolute atomic E-state index is 12.9. The molecule has 0 unspecified atom stereocenters. The van der Waals surface area contributed by atoms with Gasteiger partial charge in [-0.1, -0.05) is 72.8 Å². The van der Waals surface area contributed by atoms with Crippen LogP contribution in [0, 0.1) is 0 Å². The summed E-state index contributed by atoms with van der Waals surface area (Å²) in [5, 5.41) is 23.8. The summed E-state index contributed by atoms with van der Waals surface area (Å²) in [7, 11) is 9.59. The average Bonchev–Trinajstić information content (AvgIpc) is 3.28. The number of halogens is 2. The number of hydrogen-bond donors (Lipinski definition) is 0. The van der Waals surface area contributed by atoms with Crippen LogP contribution in [-0.2, 0) is 32.1 Å². The summed E-state index contributed by atoms with van der Waals surface area (Å²) in [6, 6.07) is 32.3. The minimum Gasteiger partial charge on any atom is 0 e. The Morgan fingerprint density at radius 2 is 0.707 bits per heavy atom. The zero-order chi connectivity index (χ0) is 41.2. The third kappa shape index (κ3) is 17.7. The minimum absolute atomic E-state index is 0. The first-order valence-corrected chi connectivity index (χ1v) is 21.7. The Hall–Kier alpha value is -4.34. The van der Waals surface area contributed by atoms with Crippen molar-refractivity contribution in [3.63, 3.8) is 0 Å². The van der Waals surface area contributed by atoms with Crippen LogP contribution in [0.3, 0.4) is 0 Å². The standard InChI is InChI=1S/C42H44N5O8.2ClH.Mn.3H2/c48-39(31-13-5-1-6-14-31)52-27-35-23-43-21-22-44-36(28-53-40(49)32-15-7-2-8-16-32)24-46-38(30-55-42(51)34-19-11-4-12-20-34)26-47-37(25-45-35)29-54-41(50)33-17-9-3-10-18-33;;;;;;/h1-20,35-38H,21-30H2;2*1H;;3*1H/q-5;;;+2;;;/p-2/t35-,36+,37+,38-;;;;;;/m0....../s1. The van der Waals surface area contributed by atoms with Crippen molar-refractivity contribution >= 4 is 44.1 Å². The predicted molar refractivity (Wildman–Crippen MR) is 226 cm³/mol. The third-order valence-corrected chi connectivity index (χ3v) is 8.37. The second-order valence-electron chi connectivity index (χ2n) is 12.7. The molecule has 317 valence electrons. The molecule has 1 aliphatic rings. The molecule has 0 amide bonds. The van der Waals surface area contributed by atoms with Gasteiger partial charge in [-0.3, -0.25) is 0 Å². The topological polar surface area (TPSA) is 176 Å². The van der Waals surface area contributed by atoms with E-state index in [0.717, 1.165) is 0 Å². The van der Waals surface area contributed by atoms with Crippen molar-refractivity contribution in [3.05, 3.63) is 170 Å². The predicted octanol–water partition coefficient (Wildman–Crippen LogP) is 8.89. The van der Waals surface area contributed by atoms with Crippen molar-refractivity contribution in [1.82, 2.24) is 0 Å². The maximum Gasteiger partial charge on any atom is 0 e. The van der Waals surface area contributed by atoms with Crippen molar-refractivity contribution < 1.29 is 55.5 Å². The smallest absolute Gasteiger partial charge is 0 e. The van der Waals surface area contributed by atoms with Gasteiger partial charge in [0.2, 0.25) is 0 Å². The van der Waals surface area contributed by atoms with Crippen molar-refractivity contribution in [3.8, 4) is 0 Å². The van der Waals surface area contributed by atoms with Gasteiger partial charge in [-0.05, 0) is 48.5 Å². The van der Waals surface area contributed by atoms with Crippen molar-refractivity contribution in [2.75, 3.05) is 65.7 Å². The summed E-state index contributed by atoms with van der Waals surface area (Å²) in [5.74, 6) is -1.99. The van der Waals surface area contributed by atoms with Gasteiger partial charge in [-0.15, -0.1) is 24.2 Å². The molecule has 5 rings (SSSR count). The molecule has 1 heterocycles. The molecule has 1 aliphatic heterocycles. The van der Waals surface area contributed by atoms with Crippen LogP contribution in [0.1, 0.15) is 45.7 Å². The van der Waals surface area contributed by atoms with Crippen LogP contribution in [0.2, 0.25) is 0 Å². The van der Waals surface area contributed by atoms with Crippen LogP contribution >= 0.6 is 20.2 Å². The molecule has 0 aromatic heterocycles. The Balaban J connectivity index is 0.00000301. The molecular weight excluding hydrogens is 828 g/mol. The summed E-state index contributed by atoms with van der Waals surface area (Å²) in [5.41, 5.74) is 1.62. The monoisotopic (exact) mass is 877 g/mol. The van der Waals surface area contributed by atoms with Crippen molar-refractivity contribution in [2.24, 2.45) is 0 Å². The fourth-order valence-corrected chi connectivity index (χ4v) is 5.33. The van der Waals surface area contributed by atoms with E-state index in [1.165, 1.54) is 0 Å². The summed E-state index contributed by atoms with van der Waals surface area (Å²) < 4.78 is 22.6. The number of esters is 4. The van der Waals surface area contributed by atoms with Crippen LogP contribution in [0.25, 0.3) is 26.6 Å². The molecule has 0 bridgehead atoms. The van der Waals surface area contributed by atoms with Crippen LogP contribution < -0.4 is 0 Å². The molecule has 0 spiro atoms. The largest absolute Gasteiger partial charge is 0 e. The van der Waals surface area contributed by atoms with Crippen LogP contribution in [0.5, 0.6) is 0 Å². The Labute approximate surface area is 358 Å². The molecular formula is C42H50Cl2MnN5O8-5. The van der Waals surface area contributed by atoms with Gasteiger partial charge in [0.05, 0.1) is 48.7 Å². The van der Waals surface area contributed by atoms with Crippen LogP contribution in [0.4, 0.5) is 0 Å². The van der Waals surface area contributed by atoms with E-state index >= 15 is 0 Å². The summed E-state index contributed by atoms with van der Waals surface area (Å²) >= 11 is 0.00694. The normalized spacial score (nSPS) is 19.1. The summed E-state index contributed by atoms with van der Waals surface area (Å²) in [4.78, 5) is 51.3. The Morgan fingerprint density at radius 1 is 0.448 bits per heavy atom. The molecule has 1 saturated heterocycles. The van der Waals surface area contributed by atoms with E-state index in [1.54, 1.807) is 109 Å². The van der Waals surface area contributed by atoms with E-state index in [0.29, 0.717) is 35.3 Å². The first kappa shape index (κ1) is 46.4. The Bertz CT molecular complexity index is 1680. The van der Waals surface area contributed by atoms with Gasteiger partial charge in [0.15, 0.2) is 0 Å². The van der Waals surface area contributed by atoms with E-state index in [9.17, 15) is 19.2 Å². The molecule has 4 aromatic carbocycles. The summed E-state index contributed by atoms with van der Waals surface area (Å²) in [6.45, 7) is 1.03. The third-order valence-electron chi connectivity index (χ3n) is 8.37. The van der Waals surface area contributed by atoms with Crippen LogP contribution in [0.15, 0.2) is 121 Å².